The Bertz CT molecular complexity index is 833. The lowest BCUT2D eigenvalue weighted by Gasteiger charge is -2.08. The van der Waals surface area contributed by atoms with Gasteiger partial charge in [0.25, 0.3) is 5.91 Å². The fourth-order valence-electron chi connectivity index (χ4n) is 2.66. The van der Waals surface area contributed by atoms with E-state index in [-0.39, 0.29) is 0 Å². The highest BCUT2D eigenvalue weighted by Gasteiger charge is 2.09. The number of para-hydroxylation sites is 1. The smallest absolute Gasteiger partial charge is 0.250 e. The molecular weight excluding hydrogens is 260 g/mol. The lowest BCUT2D eigenvalue weighted by Crippen LogP contribution is -2.11. The Hall–Kier alpha value is -2.68. The number of fused-ring (bicyclic) bond motifs is 1. The van der Waals surface area contributed by atoms with Crippen LogP contribution in [-0.2, 0) is 0 Å². The lowest BCUT2D eigenvalue weighted by atomic mass is 10.00. The minimum Gasteiger partial charge on any atom is -0.366 e. The normalized spacial score (nSPS) is 10.8. The van der Waals surface area contributed by atoms with E-state index in [9.17, 15) is 4.79 Å². The van der Waals surface area contributed by atoms with Gasteiger partial charge >= 0.3 is 0 Å². The molecule has 0 aliphatic carbocycles. The van der Waals surface area contributed by atoms with Crippen molar-refractivity contribution in [3.8, 4) is 11.1 Å². The molecule has 0 unspecified atom stereocenters. The zero-order chi connectivity index (χ0) is 15.0. The minimum absolute atomic E-state index is 0.452. The van der Waals surface area contributed by atoms with Gasteiger partial charge in [-0.25, -0.2) is 0 Å². The number of hydrogen-bond donors (Lipinski definition) is 1. The summed E-state index contributed by atoms with van der Waals surface area (Å²) < 4.78 is 0. The van der Waals surface area contributed by atoms with Gasteiger partial charge in [0.15, 0.2) is 0 Å². The highest BCUT2D eigenvalue weighted by Crippen LogP contribution is 2.26. The van der Waals surface area contributed by atoms with Gasteiger partial charge in [-0.2, -0.15) is 0 Å². The molecule has 1 heterocycles. The summed E-state index contributed by atoms with van der Waals surface area (Å²) in [5.74, 6) is -0.452. The molecule has 0 bridgehead atoms. The van der Waals surface area contributed by atoms with Gasteiger partial charge in [-0.1, -0.05) is 41.5 Å². The van der Waals surface area contributed by atoms with Crippen molar-refractivity contribution in [3.63, 3.8) is 0 Å². The Labute approximate surface area is 123 Å². The first-order valence-electron chi connectivity index (χ1n) is 6.82. The SMILES string of the molecule is Cc1cc(C)cc(-c2cnc3c(C(N)=O)cccc3c2)c1. The zero-order valence-electron chi connectivity index (χ0n) is 12.1. The summed E-state index contributed by atoms with van der Waals surface area (Å²) in [7, 11) is 0. The fraction of sp³-hybridized carbons (Fsp3) is 0.111. The van der Waals surface area contributed by atoms with E-state index in [2.05, 4.69) is 37.0 Å². The third-order valence-corrected chi connectivity index (χ3v) is 3.53. The topological polar surface area (TPSA) is 56.0 Å². The second kappa shape index (κ2) is 5.02. The lowest BCUT2D eigenvalue weighted by molar-refractivity contribution is 0.100. The monoisotopic (exact) mass is 276 g/mol. The van der Waals surface area contributed by atoms with Gasteiger partial charge in [-0.3, -0.25) is 9.78 Å². The number of carbonyl (C=O) groups is 1. The third-order valence-electron chi connectivity index (χ3n) is 3.53. The molecule has 0 radical (unpaired) electrons. The number of rotatable bonds is 2. The largest absolute Gasteiger partial charge is 0.366 e. The molecule has 1 aromatic heterocycles. The number of aromatic nitrogens is 1. The van der Waals surface area contributed by atoms with E-state index in [1.54, 1.807) is 12.3 Å². The van der Waals surface area contributed by atoms with Crippen LogP contribution in [0.4, 0.5) is 0 Å². The van der Waals surface area contributed by atoms with Gasteiger partial charge in [-0.15, -0.1) is 0 Å². The third kappa shape index (κ3) is 2.50. The van der Waals surface area contributed by atoms with Crippen LogP contribution in [0, 0.1) is 13.8 Å². The number of aryl methyl sites for hydroxylation is 2. The summed E-state index contributed by atoms with van der Waals surface area (Å²) in [4.78, 5) is 15.9. The van der Waals surface area contributed by atoms with Gasteiger partial charge in [0, 0.05) is 17.1 Å². The fourth-order valence-corrected chi connectivity index (χ4v) is 2.66. The van der Waals surface area contributed by atoms with Gasteiger partial charge in [0.1, 0.15) is 0 Å². The second-order valence-electron chi connectivity index (χ2n) is 5.34. The summed E-state index contributed by atoms with van der Waals surface area (Å²) in [5, 5.41) is 0.919. The van der Waals surface area contributed by atoms with E-state index in [4.69, 9.17) is 5.73 Å². The van der Waals surface area contributed by atoms with Crippen LogP contribution in [0.25, 0.3) is 22.0 Å². The van der Waals surface area contributed by atoms with E-state index in [1.165, 1.54) is 11.1 Å². The molecule has 3 nitrogen and oxygen atoms in total. The molecule has 3 rings (SSSR count). The predicted octanol–water partition coefficient (Wildman–Crippen LogP) is 3.62. The number of pyridine rings is 1. The van der Waals surface area contributed by atoms with Crippen molar-refractivity contribution in [2.45, 2.75) is 13.8 Å². The Morgan fingerprint density at radius 3 is 2.38 bits per heavy atom. The molecule has 0 spiro atoms. The van der Waals surface area contributed by atoms with Crippen LogP contribution in [0.5, 0.6) is 0 Å². The first-order chi connectivity index (χ1) is 10.0. The number of carbonyl (C=O) groups excluding carboxylic acids is 1. The number of benzene rings is 2. The van der Waals surface area contributed by atoms with Crippen LogP contribution in [0.3, 0.4) is 0 Å². The molecule has 3 aromatic rings. The first-order valence-corrected chi connectivity index (χ1v) is 6.82. The molecule has 0 aliphatic rings. The molecule has 0 saturated heterocycles. The number of primary amides is 1. The van der Waals surface area contributed by atoms with Crippen molar-refractivity contribution in [1.82, 2.24) is 4.98 Å². The molecule has 2 N–H and O–H groups in total. The Morgan fingerprint density at radius 2 is 1.71 bits per heavy atom. The van der Waals surface area contributed by atoms with Crippen LogP contribution in [0.15, 0.2) is 48.7 Å². The number of amides is 1. The molecular formula is C18H16N2O. The van der Waals surface area contributed by atoms with Gasteiger partial charge < -0.3 is 5.73 Å². The van der Waals surface area contributed by atoms with Crippen LogP contribution in [0.2, 0.25) is 0 Å². The van der Waals surface area contributed by atoms with Crippen molar-refractivity contribution in [2.24, 2.45) is 5.73 Å². The molecule has 2 aromatic carbocycles. The average molecular weight is 276 g/mol. The summed E-state index contributed by atoms with van der Waals surface area (Å²) in [6.45, 7) is 4.16. The highest BCUT2D eigenvalue weighted by molar-refractivity contribution is 6.05. The zero-order valence-corrected chi connectivity index (χ0v) is 12.1. The standard InChI is InChI=1S/C18H16N2O/c1-11-6-12(2)8-14(7-11)15-9-13-4-3-5-16(18(19)21)17(13)20-10-15/h3-10H,1-2H3,(H2,19,21). The van der Waals surface area contributed by atoms with Crippen molar-refractivity contribution in [2.75, 3.05) is 0 Å². The van der Waals surface area contributed by atoms with E-state index in [1.807, 2.05) is 18.2 Å². The van der Waals surface area contributed by atoms with E-state index >= 15 is 0 Å². The van der Waals surface area contributed by atoms with E-state index in [0.717, 1.165) is 16.5 Å². The van der Waals surface area contributed by atoms with Crippen LogP contribution in [0.1, 0.15) is 21.5 Å². The second-order valence-corrected chi connectivity index (χ2v) is 5.34. The summed E-state index contributed by atoms with van der Waals surface area (Å²) >= 11 is 0. The molecule has 0 fully saturated rings. The Kier molecular flexibility index (Phi) is 3.18. The molecule has 104 valence electrons. The predicted molar refractivity (Wildman–Crippen MR) is 85.2 cm³/mol. The van der Waals surface area contributed by atoms with Crippen molar-refractivity contribution >= 4 is 16.8 Å². The molecule has 0 saturated carbocycles. The van der Waals surface area contributed by atoms with Crippen LogP contribution >= 0.6 is 0 Å². The highest BCUT2D eigenvalue weighted by atomic mass is 16.1. The number of nitrogens with zero attached hydrogens (tertiary/aromatic N) is 1. The molecule has 21 heavy (non-hydrogen) atoms. The van der Waals surface area contributed by atoms with Gasteiger partial charge in [0.05, 0.1) is 11.1 Å². The summed E-state index contributed by atoms with van der Waals surface area (Å²) in [5.41, 5.74) is 11.1. The average Bonchev–Trinajstić information content (AvgIpc) is 2.44. The Balaban J connectivity index is 2.20. The number of hydrogen-bond acceptors (Lipinski definition) is 2. The Morgan fingerprint density at radius 1 is 1.00 bits per heavy atom. The van der Waals surface area contributed by atoms with Crippen molar-refractivity contribution in [3.05, 3.63) is 65.4 Å². The number of nitrogens with two attached hydrogens (primary N) is 1. The molecule has 0 atom stereocenters. The van der Waals surface area contributed by atoms with Crippen molar-refractivity contribution < 1.29 is 4.79 Å². The maximum absolute atomic E-state index is 11.4. The van der Waals surface area contributed by atoms with Crippen molar-refractivity contribution in [1.29, 1.82) is 0 Å². The first kappa shape index (κ1) is 13.3. The van der Waals surface area contributed by atoms with E-state index < -0.39 is 5.91 Å². The summed E-state index contributed by atoms with van der Waals surface area (Å²) in [6.07, 6.45) is 1.79. The molecule has 0 aliphatic heterocycles. The quantitative estimate of drug-likeness (QED) is 0.777. The minimum atomic E-state index is -0.452. The summed E-state index contributed by atoms with van der Waals surface area (Å²) in [6, 6.07) is 13.9. The van der Waals surface area contributed by atoms with Crippen LogP contribution in [-0.4, -0.2) is 10.9 Å². The molecule has 3 heteroatoms. The van der Waals surface area contributed by atoms with E-state index in [0.29, 0.717) is 11.1 Å². The maximum Gasteiger partial charge on any atom is 0.250 e. The maximum atomic E-state index is 11.4. The van der Waals surface area contributed by atoms with Gasteiger partial charge in [-0.05, 0) is 31.5 Å². The van der Waals surface area contributed by atoms with Crippen LogP contribution < -0.4 is 5.73 Å². The van der Waals surface area contributed by atoms with Gasteiger partial charge in [0.2, 0.25) is 0 Å². The molecule has 1 amide bonds.